The average molecular weight is 804 g/mol. The smallest absolute Gasteiger partial charge is 0.329 e. The number of carbonyl (C=O) groups excluding carboxylic acids is 4. The largest absolute Gasteiger partial charge is 0.456 e. The molecule has 3 fully saturated rings. The third kappa shape index (κ3) is 11.3. The van der Waals surface area contributed by atoms with E-state index in [0.717, 1.165) is 5.57 Å². The van der Waals surface area contributed by atoms with E-state index < -0.39 is 83.9 Å². The van der Waals surface area contributed by atoms with Crippen LogP contribution in [0.4, 0.5) is 0 Å². The Balaban J connectivity index is 1.78. The highest BCUT2D eigenvalue weighted by molar-refractivity contribution is 6.39. The van der Waals surface area contributed by atoms with Gasteiger partial charge in [0.25, 0.3) is 11.7 Å². The Hall–Kier alpha value is -2.78. The number of allylic oxidation sites excluding steroid dienone is 4. The molecule has 4 rings (SSSR count). The molecular weight excluding hydrogens is 734 g/mol. The molecule has 13 heteroatoms. The van der Waals surface area contributed by atoms with Crippen LogP contribution in [0.25, 0.3) is 0 Å². The lowest BCUT2D eigenvalue weighted by atomic mass is 9.81. The van der Waals surface area contributed by atoms with E-state index in [-0.39, 0.29) is 49.5 Å². The zero-order chi connectivity index (χ0) is 42.2. The molecule has 13 nitrogen and oxygen atoms in total. The van der Waals surface area contributed by atoms with Gasteiger partial charge in [0.2, 0.25) is 5.79 Å². The molecule has 3 heterocycles. The summed E-state index contributed by atoms with van der Waals surface area (Å²) < 4.78 is 29.7. The molecule has 3 aliphatic heterocycles. The normalized spacial score (nSPS) is 41.0. The number of aliphatic hydroxyl groups is 3. The highest BCUT2D eigenvalue weighted by Crippen LogP contribution is 2.39. The van der Waals surface area contributed by atoms with Crippen LogP contribution >= 0.6 is 0 Å². The van der Waals surface area contributed by atoms with Gasteiger partial charge in [-0.05, 0) is 95.5 Å². The highest BCUT2D eigenvalue weighted by atomic mass is 16.7. The van der Waals surface area contributed by atoms with Gasteiger partial charge in [-0.3, -0.25) is 14.4 Å². The molecule has 0 spiro atoms. The number of aliphatic hydroxyl groups excluding tert-OH is 2. The molecule has 2 bridgehead atoms. The van der Waals surface area contributed by atoms with Gasteiger partial charge in [-0.25, -0.2) is 4.79 Å². The van der Waals surface area contributed by atoms with Crippen molar-refractivity contribution in [2.45, 2.75) is 160 Å². The van der Waals surface area contributed by atoms with Crippen molar-refractivity contribution in [1.29, 1.82) is 0 Å². The quantitative estimate of drug-likeness (QED) is 0.185. The average Bonchev–Trinajstić information content (AvgIpc) is 3.18. The van der Waals surface area contributed by atoms with Crippen LogP contribution in [0, 0.1) is 29.6 Å². The zero-order valence-electron chi connectivity index (χ0n) is 35.4. The van der Waals surface area contributed by atoms with E-state index in [1.54, 1.807) is 27.0 Å². The summed E-state index contributed by atoms with van der Waals surface area (Å²) in [4.78, 5) is 57.8. The van der Waals surface area contributed by atoms with Crippen molar-refractivity contribution in [2.75, 3.05) is 27.9 Å². The molecule has 0 aromatic rings. The van der Waals surface area contributed by atoms with Crippen molar-refractivity contribution in [3.63, 3.8) is 0 Å². The molecule has 3 N–H and O–H groups in total. The summed E-state index contributed by atoms with van der Waals surface area (Å²) in [5.74, 6) is -7.76. The molecule has 4 aliphatic rings. The van der Waals surface area contributed by atoms with Crippen molar-refractivity contribution >= 4 is 23.4 Å². The lowest BCUT2D eigenvalue weighted by molar-refractivity contribution is -0.302. The first-order valence-corrected chi connectivity index (χ1v) is 20.9. The third-order valence-corrected chi connectivity index (χ3v) is 12.9. The van der Waals surface area contributed by atoms with Gasteiger partial charge in [0, 0.05) is 52.0 Å². The first kappa shape index (κ1) is 46.9. The maximum atomic E-state index is 14.3. The van der Waals surface area contributed by atoms with E-state index in [0.29, 0.717) is 56.9 Å². The number of esters is 1. The number of rotatable bonds is 7. The fourth-order valence-corrected chi connectivity index (χ4v) is 9.42. The molecule has 1 aliphatic carbocycles. The van der Waals surface area contributed by atoms with Crippen LogP contribution in [0.3, 0.4) is 0 Å². The summed E-state index contributed by atoms with van der Waals surface area (Å²) in [6.45, 7) is 13.1. The first-order valence-electron chi connectivity index (χ1n) is 20.9. The Kier molecular flexibility index (Phi) is 17.2. The van der Waals surface area contributed by atoms with E-state index in [1.807, 2.05) is 32.9 Å². The number of ether oxygens (including phenoxy) is 5. The van der Waals surface area contributed by atoms with E-state index in [4.69, 9.17) is 23.7 Å². The van der Waals surface area contributed by atoms with Gasteiger partial charge in [0.1, 0.15) is 24.0 Å². The topological polar surface area (TPSA) is 178 Å². The number of methoxy groups -OCH3 is 3. The van der Waals surface area contributed by atoms with Crippen LogP contribution in [-0.2, 0) is 42.9 Å². The predicted molar refractivity (Wildman–Crippen MR) is 213 cm³/mol. The van der Waals surface area contributed by atoms with Crippen molar-refractivity contribution in [2.24, 2.45) is 29.6 Å². The summed E-state index contributed by atoms with van der Waals surface area (Å²) >= 11 is 0. The molecule has 14 atom stereocenters. The number of Topliss-reactive ketones (excluding diaryl/α,β-unsaturated/α-hetero) is 2. The molecule has 57 heavy (non-hydrogen) atoms. The summed E-state index contributed by atoms with van der Waals surface area (Å²) in [6, 6.07) is -1.14. The molecule has 1 saturated carbocycles. The van der Waals surface area contributed by atoms with Crippen LogP contribution in [0.1, 0.15) is 105 Å². The Morgan fingerprint density at radius 1 is 0.930 bits per heavy atom. The summed E-state index contributed by atoms with van der Waals surface area (Å²) in [5.41, 5.74) is 1.61. The van der Waals surface area contributed by atoms with Gasteiger partial charge in [-0.2, -0.15) is 0 Å². The SMILES string of the molecule is C=CC[C@@H]1/C=C(\C)C[C@H](C)C[C@H](OC)[C@H]2O[C@@](O)(C(=O)C(=O)N3CCCC[C@H]3C(=O)O[C@H](/C(C)=C/[C@@H]3CC[C@@H](O)[C@H](OC)C3)[C@H](C)C(O)CC1=O)[C@H](C)C[C@@H]2OC. The third-order valence-electron chi connectivity index (χ3n) is 12.9. The van der Waals surface area contributed by atoms with Gasteiger partial charge in [-0.1, -0.05) is 44.6 Å². The van der Waals surface area contributed by atoms with Crippen LogP contribution in [0.2, 0.25) is 0 Å². The fourth-order valence-electron chi connectivity index (χ4n) is 9.42. The molecule has 322 valence electrons. The molecule has 0 radical (unpaired) electrons. The lowest BCUT2D eigenvalue weighted by Crippen LogP contribution is -2.64. The molecule has 2 saturated heterocycles. The fraction of sp³-hybridized carbons (Fsp3) is 0.773. The number of ketones is 2. The minimum Gasteiger partial charge on any atom is -0.456 e. The maximum absolute atomic E-state index is 14.3. The second-order valence-electron chi connectivity index (χ2n) is 17.3. The number of carbonyl (C=O) groups is 4. The minimum atomic E-state index is -2.51. The molecule has 0 aromatic heterocycles. The Labute approximate surface area is 339 Å². The van der Waals surface area contributed by atoms with E-state index in [9.17, 15) is 34.5 Å². The Morgan fingerprint density at radius 3 is 2.25 bits per heavy atom. The number of cyclic esters (lactones) is 1. The number of hydrogen-bond donors (Lipinski definition) is 3. The minimum absolute atomic E-state index is 0.00988. The van der Waals surface area contributed by atoms with Gasteiger partial charge >= 0.3 is 5.97 Å². The molecular formula is C44H69NO12. The van der Waals surface area contributed by atoms with Gasteiger partial charge in [-0.15, -0.1) is 6.58 Å². The number of hydrogen-bond acceptors (Lipinski definition) is 12. The summed E-state index contributed by atoms with van der Waals surface area (Å²) in [5, 5.41) is 34.1. The maximum Gasteiger partial charge on any atom is 0.329 e. The standard InChI is InChI=1S/C44H69NO12/c1-10-13-31-19-25(2)18-26(3)20-37(54-8)40-38(55-9)22-28(5)44(52,57-40)41(49)42(50)45-17-12-11-14-32(45)43(51)56-39(29(6)34(47)24-35(31)48)27(4)21-30-15-16-33(46)36(23-30)53-7/h10,19,21,26,28-34,36-40,46-47,52H,1,11-18,20,22-24H2,2-9H3/b25-19+,27-21+/t26-,28+,29+,30-,31+,32-,33+,34?,36+,37-,38-,39+,40+,44+/m0/s1. The van der Waals surface area contributed by atoms with E-state index in [2.05, 4.69) is 6.58 Å². The predicted octanol–water partition coefficient (Wildman–Crippen LogP) is 4.64. The number of fused-ring (bicyclic) bond motifs is 3. The van der Waals surface area contributed by atoms with Crippen molar-refractivity contribution < 1.29 is 58.2 Å². The first-order chi connectivity index (χ1) is 27.0. The van der Waals surface area contributed by atoms with Crippen LogP contribution < -0.4 is 0 Å². The van der Waals surface area contributed by atoms with Crippen molar-refractivity contribution in [3.05, 3.63) is 36.0 Å². The Bertz CT molecular complexity index is 1480. The van der Waals surface area contributed by atoms with Crippen LogP contribution in [-0.4, -0.2) is 126 Å². The molecule has 1 amide bonds. The zero-order valence-corrected chi connectivity index (χ0v) is 35.4. The van der Waals surface area contributed by atoms with Crippen LogP contribution in [0.15, 0.2) is 36.0 Å². The number of amides is 1. The van der Waals surface area contributed by atoms with Gasteiger partial charge < -0.3 is 43.9 Å². The summed E-state index contributed by atoms with van der Waals surface area (Å²) in [7, 11) is 4.61. The van der Waals surface area contributed by atoms with Crippen molar-refractivity contribution in [3.8, 4) is 0 Å². The van der Waals surface area contributed by atoms with Crippen LogP contribution in [0.5, 0.6) is 0 Å². The second-order valence-corrected chi connectivity index (χ2v) is 17.3. The monoisotopic (exact) mass is 803 g/mol. The molecule has 0 aromatic carbocycles. The number of nitrogens with zero attached hydrogens (tertiary/aromatic N) is 1. The Morgan fingerprint density at radius 2 is 1.60 bits per heavy atom. The van der Waals surface area contributed by atoms with E-state index >= 15 is 0 Å². The second kappa shape index (κ2) is 21.0. The van der Waals surface area contributed by atoms with Gasteiger partial charge in [0.05, 0.1) is 30.5 Å². The van der Waals surface area contributed by atoms with Gasteiger partial charge in [0.15, 0.2) is 0 Å². The molecule has 1 unspecified atom stereocenters. The van der Waals surface area contributed by atoms with E-state index in [1.165, 1.54) is 19.1 Å². The highest BCUT2D eigenvalue weighted by Gasteiger charge is 2.56. The van der Waals surface area contributed by atoms with Crippen molar-refractivity contribution in [1.82, 2.24) is 4.90 Å². The lowest BCUT2D eigenvalue weighted by Gasteiger charge is -2.47. The number of piperidine rings is 1. The summed E-state index contributed by atoms with van der Waals surface area (Å²) in [6.07, 6.45) is 4.93.